The quantitative estimate of drug-likeness (QED) is 0.853. The highest BCUT2D eigenvalue weighted by molar-refractivity contribution is 7.10. The van der Waals surface area contributed by atoms with Gasteiger partial charge in [-0.05, 0) is 11.6 Å². The first-order chi connectivity index (χ1) is 9.78. The summed E-state index contributed by atoms with van der Waals surface area (Å²) < 4.78 is 0. The van der Waals surface area contributed by atoms with Gasteiger partial charge in [0.15, 0.2) is 0 Å². The highest BCUT2D eigenvalue weighted by Gasteiger charge is 2.02. The van der Waals surface area contributed by atoms with Crippen LogP contribution < -0.4 is 10.6 Å². The largest absolute Gasteiger partial charge is 0.351 e. The number of carbonyl (C=O) groups excluding carboxylic acids is 1. The zero-order chi connectivity index (χ0) is 14.2. The molecule has 5 heteroatoms. The molecular weight excluding hydrogens is 270 g/mol. The Morgan fingerprint density at radius 2 is 2.05 bits per heavy atom. The second-order valence-corrected chi connectivity index (χ2v) is 5.28. The van der Waals surface area contributed by atoms with E-state index in [0.717, 1.165) is 10.4 Å². The number of rotatable bonds is 6. The summed E-state index contributed by atoms with van der Waals surface area (Å²) in [4.78, 5) is 12.7. The maximum Gasteiger partial charge on any atom is 0.234 e. The van der Waals surface area contributed by atoms with Crippen molar-refractivity contribution in [2.24, 2.45) is 0 Å². The molecule has 0 radical (unpaired) electrons. The molecule has 1 heterocycles. The van der Waals surface area contributed by atoms with Crippen LogP contribution in [0.5, 0.6) is 0 Å². The van der Waals surface area contributed by atoms with E-state index in [1.54, 1.807) is 0 Å². The molecule has 0 aliphatic rings. The fourth-order valence-electron chi connectivity index (χ4n) is 1.69. The highest BCUT2D eigenvalue weighted by Crippen LogP contribution is 2.12. The van der Waals surface area contributed by atoms with Gasteiger partial charge in [0.1, 0.15) is 6.07 Å². The molecule has 0 aliphatic heterocycles. The van der Waals surface area contributed by atoms with Gasteiger partial charge in [0.25, 0.3) is 0 Å². The molecule has 0 atom stereocenters. The molecule has 2 rings (SSSR count). The number of hydrogen-bond acceptors (Lipinski definition) is 4. The minimum Gasteiger partial charge on any atom is -0.351 e. The van der Waals surface area contributed by atoms with Crippen molar-refractivity contribution >= 4 is 17.2 Å². The van der Waals surface area contributed by atoms with Crippen molar-refractivity contribution in [3.05, 3.63) is 57.8 Å². The number of nitrogens with one attached hydrogen (secondary N) is 2. The van der Waals surface area contributed by atoms with Crippen LogP contribution in [0.15, 0.2) is 41.8 Å². The Balaban J connectivity index is 1.66. The van der Waals surface area contributed by atoms with E-state index in [1.165, 1.54) is 11.3 Å². The molecule has 20 heavy (non-hydrogen) atoms. The van der Waals surface area contributed by atoms with Gasteiger partial charge in [-0.2, -0.15) is 5.26 Å². The molecule has 0 aliphatic carbocycles. The zero-order valence-corrected chi connectivity index (χ0v) is 11.7. The minimum absolute atomic E-state index is 0.0362. The minimum atomic E-state index is -0.0362. The van der Waals surface area contributed by atoms with Crippen molar-refractivity contribution < 1.29 is 4.79 Å². The average molecular weight is 285 g/mol. The SMILES string of the molecule is N#Cc1csc(CNCC(=O)NCc2ccccc2)c1. The molecule has 2 N–H and O–H groups in total. The topological polar surface area (TPSA) is 64.9 Å². The van der Waals surface area contributed by atoms with Crippen LogP contribution >= 0.6 is 11.3 Å². The van der Waals surface area contributed by atoms with Crippen molar-refractivity contribution in [1.82, 2.24) is 10.6 Å². The molecule has 4 nitrogen and oxygen atoms in total. The van der Waals surface area contributed by atoms with Gasteiger partial charge in [-0.25, -0.2) is 0 Å². The molecule has 0 spiro atoms. The fourth-order valence-corrected chi connectivity index (χ4v) is 2.47. The maximum atomic E-state index is 11.6. The Bertz CT molecular complexity index is 601. The Hall–Kier alpha value is -2.16. The van der Waals surface area contributed by atoms with Crippen LogP contribution in [-0.4, -0.2) is 12.5 Å². The Labute approximate surface area is 122 Å². The van der Waals surface area contributed by atoms with E-state index < -0.39 is 0 Å². The first-order valence-electron chi connectivity index (χ1n) is 6.27. The third kappa shape index (κ3) is 4.50. The summed E-state index contributed by atoms with van der Waals surface area (Å²) in [6.07, 6.45) is 0. The summed E-state index contributed by atoms with van der Waals surface area (Å²) in [7, 11) is 0. The molecule has 0 bridgehead atoms. The van der Waals surface area contributed by atoms with Crippen LogP contribution in [0.25, 0.3) is 0 Å². The van der Waals surface area contributed by atoms with Gasteiger partial charge >= 0.3 is 0 Å². The monoisotopic (exact) mass is 285 g/mol. The Morgan fingerprint density at radius 1 is 1.25 bits per heavy atom. The zero-order valence-electron chi connectivity index (χ0n) is 10.9. The van der Waals surface area contributed by atoms with Gasteiger partial charge in [-0.3, -0.25) is 4.79 Å². The number of thiophene rings is 1. The smallest absolute Gasteiger partial charge is 0.234 e. The highest BCUT2D eigenvalue weighted by atomic mass is 32.1. The predicted octanol–water partition coefficient (Wildman–Crippen LogP) is 2.03. The predicted molar refractivity (Wildman–Crippen MR) is 79.0 cm³/mol. The molecule has 1 aromatic carbocycles. The molecule has 0 saturated heterocycles. The number of amides is 1. The number of carbonyl (C=O) groups is 1. The molecule has 0 saturated carbocycles. The van der Waals surface area contributed by atoms with E-state index in [-0.39, 0.29) is 12.5 Å². The summed E-state index contributed by atoms with van der Waals surface area (Å²) in [6, 6.07) is 13.7. The summed E-state index contributed by atoms with van der Waals surface area (Å²) in [6.45, 7) is 1.41. The standard InChI is InChI=1S/C15H15N3OS/c16-7-13-6-14(20-11-13)9-17-10-15(19)18-8-12-4-2-1-3-5-12/h1-6,11,17H,8-10H2,(H,18,19). The van der Waals surface area contributed by atoms with Crippen molar-refractivity contribution in [2.45, 2.75) is 13.1 Å². The van der Waals surface area contributed by atoms with Crippen molar-refractivity contribution in [3.8, 4) is 6.07 Å². The van der Waals surface area contributed by atoms with Crippen LogP contribution in [0, 0.1) is 11.3 Å². The lowest BCUT2D eigenvalue weighted by atomic mass is 10.2. The first-order valence-corrected chi connectivity index (χ1v) is 7.15. The summed E-state index contributed by atoms with van der Waals surface area (Å²) >= 11 is 1.52. The van der Waals surface area contributed by atoms with E-state index >= 15 is 0 Å². The van der Waals surface area contributed by atoms with Crippen LogP contribution in [-0.2, 0) is 17.9 Å². The molecule has 2 aromatic rings. The number of benzene rings is 1. The number of nitriles is 1. The molecular formula is C15H15N3OS. The van der Waals surface area contributed by atoms with E-state index in [0.29, 0.717) is 18.7 Å². The van der Waals surface area contributed by atoms with Gasteiger partial charge in [-0.15, -0.1) is 11.3 Å². The van der Waals surface area contributed by atoms with Gasteiger partial charge < -0.3 is 10.6 Å². The van der Waals surface area contributed by atoms with Crippen LogP contribution in [0.2, 0.25) is 0 Å². The lowest BCUT2D eigenvalue weighted by Crippen LogP contribution is -2.33. The van der Waals surface area contributed by atoms with Crippen molar-refractivity contribution in [2.75, 3.05) is 6.54 Å². The van der Waals surface area contributed by atoms with Crippen LogP contribution in [0.4, 0.5) is 0 Å². The number of hydrogen-bond donors (Lipinski definition) is 2. The van der Waals surface area contributed by atoms with Gasteiger partial charge in [0.2, 0.25) is 5.91 Å². The summed E-state index contributed by atoms with van der Waals surface area (Å²) in [5.74, 6) is -0.0362. The van der Waals surface area contributed by atoms with E-state index in [4.69, 9.17) is 5.26 Å². The molecule has 0 fully saturated rings. The van der Waals surface area contributed by atoms with Gasteiger partial charge in [-0.1, -0.05) is 30.3 Å². The average Bonchev–Trinajstić information content (AvgIpc) is 2.94. The van der Waals surface area contributed by atoms with Crippen LogP contribution in [0.1, 0.15) is 16.0 Å². The Morgan fingerprint density at radius 3 is 2.75 bits per heavy atom. The molecule has 1 aromatic heterocycles. The van der Waals surface area contributed by atoms with Gasteiger partial charge in [0, 0.05) is 23.3 Å². The normalized spacial score (nSPS) is 9.95. The third-order valence-corrected chi connectivity index (χ3v) is 3.64. The first kappa shape index (κ1) is 14.3. The van der Waals surface area contributed by atoms with Crippen molar-refractivity contribution in [1.29, 1.82) is 5.26 Å². The molecule has 102 valence electrons. The second kappa shape index (κ2) is 7.43. The van der Waals surface area contributed by atoms with E-state index in [2.05, 4.69) is 16.7 Å². The lowest BCUT2D eigenvalue weighted by molar-refractivity contribution is -0.120. The molecule has 1 amide bonds. The number of nitrogens with zero attached hydrogens (tertiary/aromatic N) is 1. The molecule has 0 unspecified atom stereocenters. The van der Waals surface area contributed by atoms with Gasteiger partial charge in [0.05, 0.1) is 12.1 Å². The second-order valence-electron chi connectivity index (χ2n) is 4.28. The summed E-state index contributed by atoms with van der Waals surface area (Å²) in [5, 5.41) is 16.4. The summed E-state index contributed by atoms with van der Waals surface area (Å²) in [5.41, 5.74) is 1.75. The maximum absolute atomic E-state index is 11.6. The van der Waals surface area contributed by atoms with Crippen LogP contribution in [0.3, 0.4) is 0 Å². The third-order valence-electron chi connectivity index (χ3n) is 2.70. The van der Waals surface area contributed by atoms with E-state index in [1.807, 2.05) is 41.8 Å². The fraction of sp³-hybridized carbons (Fsp3) is 0.200. The van der Waals surface area contributed by atoms with Crippen molar-refractivity contribution in [3.63, 3.8) is 0 Å². The lowest BCUT2D eigenvalue weighted by Gasteiger charge is -2.06. The van der Waals surface area contributed by atoms with E-state index in [9.17, 15) is 4.79 Å². The Kier molecular flexibility index (Phi) is 5.30.